The standard InChI is InChI=1S/C26H22F2N4O2/c1-26(9-3-11-34-26)13-30-14-6-7-15-17(12-14)20-16(8-10-29-25(20)33)23-22(15)31-24(32-23)21-18(27)4-2-5-19(21)28/h2,4-8,10,12,30H,3,9,11,13H2,1H3,(H,29,33)(H,31,32). The van der Waals surface area contributed by atoms with Gasteiger partial charge in [0.15, 0.2) is 0 Å². The van der Waals surface area contributed by atoms with Crippen molar-refractivity contribution < 1.29 is 13.5 Å². The van der Waals surface area contributed by atoms with Gasteiger partial charge in [0, 0.05) is 35.8 Å². The lowest BCUT2D eigenvalue weighted by molar-refractivity contribution is 0.0315. The van der Waals surface area contributed by atoms with Gasteiger partial charge in [0.05, 0.1) is 27.6 Å². The van der Waals surface area contributed by atoms with Gasteiger partial charge in [-0.15, -0.1) is 0 Å². The predicted octanol–water partition coefficient (Wildman–Crippen LogP) is 5.48. The molecule has 6 nitrogen and oxygen atoms in total. The molecule has 1 aliphatic rings. The van der Waals surface area contributed by atoms with Crippen molar-refractivity contribution in [1.82, 2.24) is 15.0 Å². The summed E-state index contributed by atoms with van der Waals surface area (Å²) in [7, 11) is 0. The molecule has 8 heteroatoms. The summed E-state index contributed by atoms with van der Waals surface area (Å²) >= 11 is 0. The van der Waals surface area contributed by atoms with Crippen LogP contribution in [0, 0.1) is 11.6 Å². The van der Waals surface area contributed by atoms with Crippen LogP contribution in [0.4, 0.5) is 14.5 Å². The van der Waals surface area contributed by atoms with Crippen LogP contribution in [-0.2, 0) is 4.74 Å². The van der Waals surface area contributed by atoms with Gasteiger partial charge in [0.1, 0.15) is 17.5 Å². The van der Waals surface area contributed by atoms with Crippen LogP contribution in [0.1, 0.15) is 19.8 Å². The highest BCUT2D eigenvalue weighted by atomic mass is 19.1. The fourth-order valence-electron chi connectivity index (χ4n) is 4.89. The van der Waals surface area contributed by atoms with Crippen LogP contribution in [-0.4, -0.2) is 33.7 Å². The van der Waals surface area contributed by atoms with E-state index in [2.05, 4.69) is 27.2 Å². The third-order valence-electron chi connectivity index (χ3n) is 6.64. The summed E-state index contributed by atoms with van der Waals surface area (Å²) in [6.45, 7) is 3.50. The van der Waals surface area contributed by atoms with E-state index in [0.717, 1.165) is 25.1 Å². The summed E-state index contributed by atoms with van der Waals surface area (Å²) in [5, 5.41) is 5.97. The molecule has 0 spiro atoms. The molecule has 1 saturated heterocycles. The second-order valence-corrected chi connectivity index (χ2v) is 9.02. The highest BCUT2D eigenvalue weighted by molar-refractivity contribution is 6.23. The van der Waals surface area contributed by atoms with E-state index in [0.29, 0.717) is 39.1 Å². The van der Waals surface area contributed by atoms with E-state index in [4.69, 9.17) is 4.74 Å². The Kier molecular flexibility index (Phi) is 4.67. The number of pyridine rings is 1. The Bertz CT molecular complexity index is 1610. The van der Waals surface area contributed by atoms with Crippen molar-refractivity contribution in [2.45, 2.75) is 25.4 Å². The minimum absolute atomic E-state index is 0.0770. The first kappa shape index (κ1) is 20.8. The summed E-state index contributed by atoms with van der Waals surface area (Å²) < 4.78 is 34.8. The minimum atomic E-state index is -0.709. The van der Waals surface area contributed by atoms with E-state index in [1.807, 2.05) is 18.2 Å². The molecule has 0 radical (unpaired) electrons. The molecule has 34 heavy (non-hydrogen) atoms. The normalized spacial score (nSPS) is 18.3. The zero-order chi connectivity index (χ0) is 23.4. The number of fused-ring (bicyclic) bond motifs is 6. The SMILES string of the molecule is CC1(CNc2ccc3c(c2)c2c(=O)[nH]ccc2c2[nH]c(-c4c(F)cccc4F)nc32)CCCO1. The first-order valence-electron chi connectivity index (χ1n) is 11.2. The quantitative estimate of drug-likeness (QED) is 0.310. The van der Waals surface area contributed by atoms with E-state index in [9.17, 15) is 13.6 Å². The molecule has 1 atom stereocenters. The van der Waals surface area contributed by atoms with Gasteiger partial charge in [-0.1, -0.05) is 12.1 Å². The average molecular weight is 460 g/mol. The molecule has 3 heterocycles. The summed E-state index contributed by atoms with van der Waals surface area (Å²) in [5.74, 6) is -1.34. The Balaban J connectivity index is 1.57. The van der Waals surface area contributed by atoms with E-state index in [-0.39, 0.29) is 22.5 Å². The summed E-state index contributed by atoms with van der Waals surface area (Å²) in [4.78, 5) is 23.3. The summed E-state index contributed by atoms with van der Waals surface area (Å²) in [5.41, 5.74) is 1.25. The number of imidazole rings is 1. The monoisotopic (exact) mass is 460 g/mol. The molecule has 1 fully saturated rings. The zero-order valence-corrected chi connectivity index (χ0v) is 18.5. The number of H-pyrrole nitrogens is 2. The number of rotatable bonds is 4. The van der Waals surface area contributed by atoms with Crippen molar-refractivity contribution in [2.24, 2.45) is 0 Å². The van der Waals surface area contributed by atoms with Crippen LogP contribution in [0.5, 0.6) is 0 Å². The second-order valence-electron chi connectivity index (χ2n) is 9.02. The lowest BCUT2D eigenvalue weighted by Gasteiger charge is -2.24. The lowest BCUT2D eigenvalue weighted by atomic mass is 10.00. The predicted molar refractivity (Wildman–Crippen MR) is 129 cm³/mol. The number of nitrogens with one attached hydrogen (secondary N) is 3. The molecule has 1 unspecified atom stereocenters. The Morgan fingerprint density at radius 1 is 1.12 bits per heavy atom. The smallest absolute Gasteiger partial charge is 0.256 e. The third-order valence-corrected chi connectivity index (χ3v) is 6.64. The molecule has 1 aliphatic heterocycles. The minimum Gasteiger partial charge on any atom is -0.382 e. The number of benzene rings is 3. The number of aromatic amines is 2. The van der Waals surface area contributed by atoms with Gasteiger partial charge in [0.2, 0.25) is 0 Å². The molecule has 0 amide bonds. The van der Waals surface area contributed by atoms with Crippen LogP contribution in [0.3, 0.4) is 0 Å². The molecule has 0 saturated carbocycles. The van der Waals surface area contributed by atoms with Gasteiger partial charge < -0.3 is 20.0 Å². The van der Waals surface area contributed by atoms with E-state index < -0.39 is 11.6 Å². The molecule has 3 N–H and O–H groups in total. The van der Waals surface area contributed by atoms with Gasteiger partial charge in [0.25, 0.3) is 5.56 Å². The van der Waals surface area contributed by atoms with Gasteiger partial charge in [-0.25, -0.2) is 13.8 Å². The lowest BCUT2D eigenvalue weighted by Crippen LogP contribution is -2.32. The topological polar surface area (TPSA) is 82.8 Å². The fraction of sp³-hybridized carbons (Fsp3) is 0.231. The summed E-state index contributed by atoms with van der Waals surface area (Å²) in [6, 6.07) is 11.2. The second kappa shape index (κ2) is 7.63. The first-order valence-corrected chi connectivity index (χ1v) is 11.2. The Labute approximate surface area is 193 Å². The van der Waals surface area contributed by atoms with Gasteiger partial charge >= 0.3 is 0 Å². The molecule has 5 aromatic rings. The van der Waals surface area contributed by atoms with Crippen molar-refractivity contribution in [3.8, 4) is 11.4 Å². The number of aromatic nitrogens is 3. The Hall–Kier alpha value is -3.78. The molecule has 2 aromatic heterocycles. The van der Waals surface area contributed by atoms with Crippen LogP contribution < -0.4 is 10.9 Å². The highest BCUT2D eigenvalue weighted by Crippen LogP contribution is 2.36. The van der Waals surface area contributed by atoms with Crippen molar-refractivity contribution in [2.75, 3.05) is 18.5 Å². The maximum absolute atomic E-state index is 14.5. The fourth-order valence-corrected chi connectivity index (χ4v) is 4.89. The van der Waals surface area contributed by atoms with Crippen LogP contribution >= 0.6 is 0 Å². The van der Waals surface area contributed by atoms with Crippen LogP contribution in [0.2, 0.25) is 0 Å². The van der Waals surface area contributed by atoms with Gasteiger partial charge in [-0.3, -0.25) is 4.79 Å². The van der Waals surface area contributed by atoms with Crippen molar-refractivity contribution >= 4 is 38.3 Å². The maximum Gasteiger partial charge on any atom is 0.256 e. The van der Waals surface area contributed by atoms with E-state index >= 15 is 0 Å². The van der Waals surface area contributed by atoms with E-state index in [1.54, 1.807) is 12.3 Å². The average Bonchev–Trinajstić information content (AvgIpc) is 3.45. The van der Waals surface area contributed by atoms with Crippen molar-refractivity contribution in [3.05, 3.63) is 70.6 Å². The largest absolute Gasteiger partial charge is 0.382 e. The van der Waals surface area contributed by atoms with Crippen LogP contribution in [0.15, 0.2) is 53.5 Å². The molecule has 3 aromatic carbocycles. The van der Waals surface area contributed by atoms with E-state index in [1.165, 1.54) is 18.2 Å². The molecular formula is C26H22F2N4O2. The molecule has 0 bridgehead atoms. The van der Waals surface area contributed by atoms with Crippen molar-refractivity contribution in [1.29, 1.82) is 0 Å². The number of nitrogens with zero attached hydrogens (tertiary/aromatic N) is 1. The number of hydrogen-bond donors (Lipinski definition) is 3. The van der Waals surface area contributed by atoms with Crippen molar-refractivity contribution in [3.63, 3.8) is 0 Å². The number of anilines is 1. The number of ether oxygens (including phenoxy) is 1. The highest BCUT2D eigenvalue weighted by Gasteiger charge is 2.29. The Morgan fingerprint density at radius 3 is 2.71 bits per heavy atom. The molecule has 6 rings (SSSR count). The van der Waals surface area contributed by atoms with Gasteiger partial charge in [-0.05, 0) is 55.5 Å². The maximum atomic E-state index is 14.5. The van der Waals surface area contributed by atoms with Gasteiger partial charge in [-0.2, -0.15) is 0 Å². The first-order chi connectivity index (χ1) is 16.4. The molecule has 0 aliphatic carbocycles. The summed E-state index contributed by atoms with van der Waals surface area (Å²) in [6.07, 6.45) is 3.58. The van der Waals surface area contributed by atoms with Crippen LogP contribution in [0.25, 0.3) is 44.0 Å². The zero-order valence-electron chi connectivity index (χ0n) is 18.5. The number of halogens is 2. The third kappa shape index (κ3) is 3.25. The number of hydrogen-bond acceptors (Lipinski definition) is 4. The Morgan fingerprint density at radius 2 is 1.94 bits per heavy atom. The molecule has 172 valence electrons. The molecular weight excluding hydrogens is 438 g/mol.